The first-order chi connectivity index (χ1) is 15.5. The number of hydrogen-bond donors (Lipinski definition) is 2. The summed E-state index contributed by atoms with van der Waals surface area (Å²) in [5.74, 6) is 2.12. The fourth-order valence-electron chi connectivity index (χ4n) is 7.29. The molecule has 3 heterocycles. The number of nitrogens with zero attached hydrogens (tertiary/aromatic N) is 2. The van der Waals surface area contributed by atoms with Gasteiger partial charge in [-0.3, -0.25) is 4.79 Å². The smallest absolute Gasteiger partial charge is 0.329 e. The van der Waals surface area contributed by atoms with Gasteiger partial charge < -0.3 is 15.5 Å². The molecular formula is C25H32N4O3. The summed E-state index contributed by atoms with van der Waals surface area (Å²) >= 11 is 0. The Morgan fingerprint density at radius 1 is 1.03 bits per heavy atom. The first-order valence-corrected chi connectivity index (χ1v) is 12.3. The predicted molar refractivity (Wildman–Crippen MR) is 120 cm³/mol. The van der Waals surface area contributed by atoms with Gasteiger partial charge in [0.1, 0.15) is 5.54 Å². The van der Waals surface area contributed by atoms with Crippen molar-refractivity contribution >= 4 is 23.7 Å². The van der Waals surface area contributed by atoms with Gasteiger partial charge in [0.15, 0.2) is 0 Å². The zero-order valence-electron chi connectivity index (χ0n) is 18.5. The number of nitrogens with one attached hydrogen (secondary N) is 2. The molecule has 1 aromatic rings. The normalized spacial score (nSPS) is 32.5. The average molecular weight is 437 g/mol. The van der Waals surface area contributed by atoms with Crippen LogP contribution in [-0.2, 0) is 11.3 Å². The van der Waals surface area contributed by atoms with Crippen molar-refractivity contribution in [3.05, 3.63) is 29.8 Å². The summed E-state index contributed by atoms with van der Waals surface area (Å²) in [6.45, 7) is 1.27. The maximum Gasteiger partial charge on any atom is 0.329 e. The van der Waals surface area contributed by atoms with Gasteiger partial charge in [0.2, 0.25) is 0 Å². The lowest BCUT2D eigenvalue weighted by molar-refractivity contribution is -0.121. The summed E-state index contributed by atoms with van der Waals surface area (Å²) in [4.78, 5) is 42.1. The number of fused-ring (bicyclic) bond motifs is 1. The molecule has 32 heavy (non-hydrogen) atoms. The second kappa shape index (κ2) is 7.49. The van der Waals surface area contributed by atoms with Crippen molar-refractivity contribution in [3.63, 3.8) is 0 Å². The van der Waals surface area contributed by atoms with E-state index in [0.29, 0.717) is 37.0 Å². The number of carbonyl (C=O) groups excluding carboxylic acids is 3. The van der Waals surface area contributed by atoms with Crippen LogP contribution >= 0.6 is 0 Å². The SMILES string of the molecule is O=C1NC2(CCCC2)C(=O)N1c1cccc(CNC(=O)N2CC3CC4CC(C3)CC2C4)c1. The summed E-state index contributed by atoms with van der Waals surface area (Å²) in [7, 11) is 0. The Bertz CT molecular complexity index is 942. The molecule has 7 rings (SSSR count). The van der Waals surface area contributed by atoms with Crippen LogP contribution in [0.5, 0.6) is 0 Å². The maximum atomic E-state index is 13.1. The number of urea groups is 2. The lowest BCUT2D eigenvalue weighted by Crippen LogP contribution is -2.47. The van der Waals surface area contributed by atoms with Crippen LogP contribution in [0.25, 0.3) is 0 Å². The number of imide groups is 1. The second-order valence-electron chi connectivity index (χ2n) is 10.8. The quantitative estimate of drug-likeness (QED) is 0.708. The summed E-state index contributed by atoms with van der Waals surface area (Å²) in [6, 6.07) is 7.49. The molecular weight excluding hydrogens is 404 g/mol. The minimum atomic E-state index is -0.716. The molecule has 3 saturated heterocycles. The molecule has 3 aliphatic heterocycles. The van der Waals surface area contributed by atoms with Crippen LogP contribution in [0.2, 0.25) is 0 Å². The van der Waals surface area contributed by atoms with Crippen LogP contribution in [-0.4, -0.2) is 41.0 Å². The van der Waals surface area contributed by atoms with E-state index in [1.54, 1.807) is 6.07 Å². The van der Waals surface area contributed by atoms with E-state index in [4.69, 9.17) is 0 Å². The highest BCUT2D eigenvalue weighted by atomic mass is 16.2. The molecule has 170 valence electrons. The molecule has 2 N–H and O–H groups in total. The molecule has 1 aromatic carbocycles. The molecule has 7 heteroatoms. The van der Waals surface area contributed by atoms with Crippen molar-refractivity contribution in [2.75, 3.05) is 11.4 Å². The minimum absolute atomic E-state index is 0.0218. The Morgan fingerprint density at radius 2 is 1.75 bits per heavy atom. The van der Waals surface area contributed by atoms with Crippen molar-refractivity contribution < 1.29 is 14.4 Å². The Morgan fingerprint density at radius 3 is 2.50 bits per heavy atom. The van der Waals surface area contributed by atoms with Crippen LogP contribution in [0.3, 0.4) is 0 Å². The van der Waals surface area contributed by atoms with Crippen molar-refractivity contribution in [3.8, 4) is 0 Å². The monoisotopic (exact) mass is 436 g/mol. The molecule has 1 spiro atoms. The summed E-state index contributed by atoms with van der Waals surface area (Å²) in [5, 5.41) is 6.05. The van der Waals surface area contributed by atoms with Gasteiger partial charge in [0, 0.05) is 19.1 Å². The van der Waals surface area contributed by atoms with Crippen LogP contribution in [0, 0.1) is 17.8 Å². The van der Waals surface area contributed by atoms with E-state index in [9.17, 15) is 14.4 Å². The molecule has 6 aliphatic rings. The number of anilines is 1. The summed E-state index contributed by atoms with van der Waals surface area (Å²) in [6.07, 6.45) is 9.59. The Kier molecular flexibility index (Phi) is 4.70. The van der Waals surface area contributed by atoms with Gasteiger partial charge in [-0.05, 0) is 80.4 Å². The van der Waals surface area contributed by atoms with Crippen LogP contribution in [0.1, 0.15) is 63.4 Å². The van der Waals surface area contributed by atoms with Gasteiger partial charge in [0.25, 0.3) is 5.91 Å². The maximum absolute atomic E-state index is 13.1. The highest BCUT2D eigenvalue weighted by molar-refractivity contribution is 6.23. The van der Waals surface area contributed by atoms with E-state index >= 15 is 0 Å². The Labute approximate surface area is 188 Å². The third kappa shape index (κ3) is 3.28. The van der Waals surface area contributed by atoms with Gasteiger partial charge in [-0.25, -0.2) is 14.5 Å². The molecule has 7 nitrogen and oxygen atoms in total. The van der Waals surface area contributed by atoms with Gasteiger partial charge >= 0.3 is 12.1 Å². The standard InChI is InChI=1S/C25H32N4O3/c30-22-25(6-1-2-7-25)27-24(32)29(22)20-5-3-4-16(11-20)14-26-23(31)28-15-19-9-17-8-18(10-19)13-21(28)12-17/h3-5,11,17-19,21H,1-2,6-10,12-15H2,(H,26,31)(H,27,32). The first-order valence-electron chi connectivity index (χ1n) is 12.3. The van der Waals surface area contributed by atoms with Gasteiger partial charge in [-0.1, -0.05) is 25.0 Å². The van der Waals surface area contributed by atoms with Gasteiger partial charge in [0.05, 0.1) is 5.69 Å². The molecule has 5 amide bonds. The molecule has 0 aromatic heterocycles. The topological polar surface area (TPSA) is 81.8 Å². The molecule has 4 bridgehead atoms. The lowest BCUT2D eigenvalue weighted by Gasteiger charge is -2.38. The van der Waals surface area contributed by atoms with Crippen molar-refractivity contribution in [2.24, 2.45) is 17.8 Å². The van der Waals surface area contributed by atoms with Gasteiger partial charge in [-0.15, -0.1) is 0 Å². The molecule has 6 fully saturated rings. The zero-order chi connectivity index (χ0) is 21.9. The van der Waals surface area contributed by atoms with Crippen molar-refractivity contribution in [2.45, 2.75) is 75.9 Å². The third-order valence-electron chi connectivity index (χ3n) is 8.60. The average Bonchev–Trinajstić information content (AvgIpc) is 3.27. The molecule has 3 saturated carbocycles. The fourth-order valence-corrected chi connectivity index (χ4v) is 7.29. The minimum Gasteiger partial charge on any atom is -0.334 e. The molecule has 2 unspecified atom stereocenters. The van der Waals surface area contributed by atoms with Crippen LogP contribution in [0.4, 0.5) is 15.3 Å². The predicted octanol–water partition coefficient (Wildman–Crippen LogP) is 3.78. The Balaban J connectivity index is 1.14. The Hall–Kier alpha value is -2.57. The molecule has 2 atom stereocenters. The van der Waals surface area contributed by atoms with E-state index in [1.807, 2.05) is 18.2 Å². The third-order valence-corrected chi connectivity index (χ3v) is 8.60. The number of benzene rings is 1. The number of amides is 5. The van der Waals surface area contributed by atoms with Crippen LogP contribution < -0.4 is 15.5 Å². The highest BCUT2D eigenvalue weighted by Gasteiger charge is 2.53. The number of carbonyl (C=O) groups is 3. The lowest BCUT2D eigenvalue weighted by atomic mass is 9.68. The highest BCUT2D eigenvalue weighted by Crippen LogP contribution is 2.47. The molecule has 3 aliphatic carbocycles. The van der Waals surface area contributed by atoms with Gasteiger partial charge in [-0.2, -0.15) is 0 Å². The van der Waals surface area contributed by atoms with E-state index in [0.717, 1.165) is 49.6 Å². The number of rotatable bonds is 3. The van der Waals surface area contributed by atoms with Crippen molar-refractivity contribution in [1.82, 2.24) is 15.5 Å². The number of hydrogen-bond acceptors (Lipinski definition) is 3. The fraction of sp³-hybridized carbons (Fsp3) is 0.640. The van der Waals surface area contributed by atoms with E-state index in [-0.39, 0.29) is 18.0 Å². The first kappa shape index (κ1) is 20.1. The van der Waals surface area contributed by atoms with Crippen LogP contribution in [0.15, 0.2) is 24.3 Å². The summed E-state index contributed by atoms with van der Waals surface area (Å²) < 4.78 is 0. The summed E-state index contributed by atoms with van der Waals surface area (Å²) in [5.41, 5.74) is 0.755. The second-order valence-corrected chi connectivity index (χ2v) is 10.8. The zero-order valence-corrected chi connectivity index (χ0v) is 18.5. The van der Waals surface area contributed by atoms with E-state index in [2.05, 4.69) is 15.5 Å². The van der Waals surface area contributed by atoms with Crippen molar-refractivity contribution in [1.29, 1.82) is 0 Å². The largest absolute Gasteiger partial charge is 0.334 e. The van der Waals surface area contributed by atoms with E-state index < -0.39 is 5.54 Å². The molecule has 0 radical (unpaired) electrons. The van der Waals surface area contributed by atoms with E-state index in [1.165, 1.54) is 24.2 Å².